The molecule has 4 heterocycles. The van der Waals surface area contributed by atoms with Crippen LogP contribution in [-0.4, -0.2) is 96.5 Å². The second kappa shape index (κ2) is 18.2. The maximum atomic E-state index is 16.6. The van der Waals surface area contributed by atoms with Crippen LogP contribution in [0, 0.1) is 0 Å². The van der Waals surface area contributed by atoms with E-state index in [0.717, 1.165) is 16.7 Å². The molecule has 2 unspecified atom stereocenters. The van der Waals surface area contributed by atoms with Crippen molar-refractivity contribution in [2.75, 3.05) is 13.2 Å². The van der Waals surface area contributed by atoms with Crippen LogP contribution in [0.3, 0.4) is 0 Å². The quantitative estimate of drug-likeness (QED) is 0.0844. The molecule has 300 valence electrons. The maximum absolute atomic E-state index is 16.6. The lowest BCUT2D eigenvalue weighted by Gasteiger charge is -2.45. The van der Waals surface area contributed by atoms with Crippen LogP contribution >= 0.6 is 22.6 Å². The topological polar surface area (TPSA) is 102 Å². The summed E-state index contributed by atoms with van der Waals surface area (Å²) in [6, 6.07) is 29.3. The average Bonchev–Trinajstić information content (AvgIpc) is 3.67. The van der Waals surface area contributed by atoms with E-state index in [-0.39, 0.29) is 30.4 Å². The summed E-state index contributed by atoms with van der Waals surface area (Å²) in [7, 11) is 0. The smallest absolute Gasteiger partial charge is 0.228 e. The van der Waals surface area contributed by atoms with Crippen molar-refractivity contribution in [3.63, 3.8) is 0 Å². The number of hydrogen-bond acceptors (Lipinski definition) is 11. The molecule has 7 rings (SSSR count). The van der Waals surface area contributed by atoms with Gasteiger partial charge in [0.15, 0.2) is 24.2 Å². The molecular weight excluding hydrogens is 826 g/mol. The molecule has 4 saturated heterocycles. The highest BCUT2D eigenvalue weighted by molar-refractivity contribution is 14.1. The Labute approximate surface area is 336 Å². The molecule has 0 amide bonds. The lowest BCUT2D eigenvalue weighted by atomic mass is 9.98. The highest BCUT2D eigenvalue weighted by atomic mass is 127. The highest BCUT2D eigenvalue weighted by Gasteiger charge is 2.61. The fourth-order valence-corrected chi connectivity index (χ4v) is 7.76. The van der Waals surface area contributed by atoms with Crippen LogP contribution < -0.4 is 0 Å². The molecule has 0 aromatic heterocycles. The van der Waals surface area contributed by atoms with Crippen LogP contribution in [0.25, 0.3) is 0 Å². The summed E-state index contributed by atoms with van der Waals surface area (Å²) < 4.78 is 85.9. The molecule has 0 aliphatic carbocycles. The van der Waals surface area contributed by atoms with Gasteiger partial charge in [-0.3, -0.25) is 0 Å². The maximum Gasteiger partial charge on any atom is 0.228 e. The Bertz CT molecular complexity index is 1620. The average molecular weight is 879 g/mol. The molecule has 0 saturated carbocycles. The minimum atomic E-state index is -1.89. The van der Waals surface area contributed by atoms with Gasteiger partial charge in [-0.1, -0.05) is 114 Å². The van der Waals surface area contributed by atoms with E-state index in [2.05, 4.69) is 22.6 Å². The van der Waals surface area contributed by atoms with E-state index < -0.39 is 79.3 Å². The highest BCUT2D eigenvalue weighted by Crippen LogP contribution is 2.44. The zero-order valence-electron chi connectivity index (χ0n) is 31.9. The number of hydrogen-bond donors (Lipinski definition) is 0. The lowest BCUT2D eigenvalue weighted by Crippen LogP contribution is -2.61. The van der Waals surface area contributed by atoms with Crippen molar-refractivity contribution < 1.29 is 56.5 Å². The predicted molar refractivity (Wildman–Crippen MR) is 207 cm³/mol. The Morgan fingerprint density at radius 1 is 0.618 bits per heavy atom. The van der Waals surface area contributed by atoms with Gasteiger partial charge in [-0.05, 0) is 51.3 Å². The van der Waals surface area contributed by atoms with Crippen LogP contribution in [-0.2, 0) is 71.9 Å². The van der Waals surface area contributed by atoms with Crippen molar-refractivity contribution in [1.29, 1.82) is 0 Å². The Morgan fingerprint density at radius 2 is 1.15 bits per heavy atom. The Kier molecular flexibility index (Phi) is 13.6. The summed E-state index contributed by atoms with van der Waals surface area (Å²) in [6.07, 6.45) is -9.18. The monoisotopic (exact) mass is 878 g/mol. The first kappa shape index (κ1) is 41.1. The number of rotatable bonds is 16. The third-order valence-electron chi connectivity index (χ3n) is 9.88. The van der Waals surface area contributed by atoms with Crippen LogP contribution in [0.15, 0.2) is 91.0 Å². The van der Waals surface area contributed by atoms with Crippen LogP contribution in [0.5, 0.6) is 0 Å². The van der Waals surface area contributed by atoms with Gasteiger partial charge in [-0.25, -0.2) is 4.39 Å². The predicted octanol–water partition coefficient (Wildman–Crippen LogP) is 7.02. The van der Waals surface area contributed by atoms with Gasteiger partial charge in [0.2, 0.25) is 6.36 Å². The number of alkyl halides is 2. The van der Waals surface area contributed by atoms with E-state index in [0.29, 0.717) is 6.61 Å². The zero-order valence-corrected chi connectivity index (χ0v) is 34.0. The van der Waals surface area contributed by atoms with Gasteiger partial charge < -0.3 is 52.1 Å². The minimum absolute atomic E-state index is 0.0512. The van der Waals surface area contributed by atoms with Crippen LogP contribution in [0.2, 0.25) is 0 Å². The normalized spacial score (nSPS) is 33.4. The third-order valence-corrected chi connectivity index (χ3v) is 10.5. The Hall–Kier alpha value is -2.12. The summed E-state index contributed by atoms with van der Waals surface area (Å²) >= 11 is 2.22. The van der Waals surface area contributed by atoms with Gasteiger partial charge in [0.05, 0.1) is 37.0 Å². The number of fused-ring (bicyclic) bond motifs is 3. The first-order chi connectivity index (χ1) is 26.4. The lowest BCUT2D eigenvalue weighted by molar-refractivity contribution is -0.325. The SMILES string of the molecule is CC(I)C(OC[C@H]1O[C@@H]2OC(C)(C)O[C@@H]2[C@H]2OC(C)(C)O[C@H]21)O[C@@H]1[C@@H](OCc2ccccc2)[C@H](OCc2ccccc2)[C@@H](COCc2ccccc2)O[C@H]1F. The summed E-state index contributed by atoms with van der Waals surface area (Å²) in [5, 5.41) is 0. The number of ether oxygens (including phenoxy) is 11. The number of halogens is 2. The van der Waals surface area contributed by atoms with E-state index in [1.807, 2.05) is 126 Å². The fraction of sp³-hybridized carbons (Fsp3) is 0.571. The second-order valence-electron chi connectivity index (χ2n) is 15.2. The molecule has 55 heavy (non-hydrogen) atoms. The Morgan fingerprint density at radius 3 is 1.75 bits per heavy atom. The molecule has 4 aliphatic heterocycles. The molecule has 13 heteroatoms. The summed E-state index contributed by atoms with van der Waals surface area (Å²) in [5.41, 5.74) is 2.86. The van der Waals surface area contributed by atoms with Gasteiger partial charge in [0, 0.05) is 0 Å². The molecule has 0 bridgehead atoms. The van der Waals surface area contributed by atoms with E-state index in [9.17, 15) is 0 Å². The molecule has 0 N–H and O–H groups in total. The largest absolute Gasteiger partial charge is 0.374 e. The summed E-state index contributed by atoms with van der Waals surface area (Å²) in [4.78, 5) is 0. The first-order valence-corrected chi connectivity index (χ1v) is 20.2. The van der Waals surface area contributed by atoms with E-state index in [4.69, 9.17) is 52.1 Å². The molecule has 0 spiro atoms. The van der Waals surface area contributed by atoms with Crippen molar-refractivity contribution in [3.05, 3.63) is 108 Å². The van der Waals surface area contributed by atoms with Crippen molar-refractivity contribution >= 4 is 22.6 Å². The van der Waals surface area contributed by atoms with Gasteiger partial charge in [-0.15, -0.1) is 0 Å². The van der Waals surface area contributed by atoms with Crippen LogP contribution in [0.4, 0.5) is 4.39 Å². The molecule has 0 radical (unpaired) electrons. The molecule has 3 aromatic rings. The standard InChI is InChI=1S/C42H52FIO11/c1-26(44)39(48-25-31-33-35(53-41(2,3)52-33)37-40(50-31)55-42(4,5)54-37)51-36-34(47-23-29-19-13-8-14-20-29)32(46-22-28-17-11-7-12-18-28)30(49-38(36)43)24-45-21-27-15-9-6-10-16-27/h6-20,26,30-40H,21-25H2,1-5H3/t26?,30-,31-,32-,33+,34+,35+,36-,37-,38-,39?,40-/m1/s1. The summed E-state index contributed by atoms with van der Waals surface area (Å²) in [5.74, 6) is -1.72. The van der Waals surface area contributed by atoms with Crippen LogP contribution in [0.1, 0.15) is 51.3 Å². The van der Waals surface area contributed by atoms with Gasteiger partial charge in [0.25, 0.3) is 0 Å². The molecule has 3 aromatic carbocycles. The van der Waals surface area contributed by atoms with Crippen molar-refractivity contribution in [1.82, 2.24) is 0 Å². The second-order valence-corrected chi connectivity index (χ2v) is 17.2. The fourth-order valence-electron chi connectivity index (χ4n) is 7.39. The molecule has 4 aliphatic rings. The van der Waals surface area contributed by atoms with Crippen molar-refractivity contribution in [3.8, 4) is 0 Å². The third kappa shape index (κ3) is 10.5. The first-order valence-electron chi connectivity index (χ1n) is 18.9. The van der Waals surface area contributed by atoms with Gasteiger partial charge in [-0.2, -0.15) is 0 Å². The van der Waals surface area contributed by atoms with E-state index >= 15 is 4.39 Å². The molecule has 12 atom stereocenters. The van der Waals surface area contributed by atoms with Crippen molar-refractivity contribution in [2.45, 2.75) is 138 Å². The molecule has 11 nitrogen and oxygen atoms in total. The zero-order chi connectivity index (χ0) is 38.6. The van der Waals surface area contributed by atoms with E-state index in [1.54, 1.807) is 0 Å². The van der Waals surface area contributed by atoms with Crippen molar-refractivity contribution in [2.24, 2.45) is 0 Å². The Balaban J connectivity index is 1.10. The summed E-state index contributed by atoms with van der Waals surface area (Å²) in [6.45, 7) is 10.2. The number of benzene rings is 3. The molecule has 4 fully saturated rings. The van der Waals surface area contributed by atoms with Gasteiger partial charge >= 0.3 is 0 Å². The molecular formula is C42H52FIO11. The van der Waals surface area contributed by atoms with E-state index in [1.165, 1.54) is 0 Å². The minimum Gasteiger partial charge on any atom is -0.374 e. The van der Waals surface area contributed by atoms with Gasteiger partial charge in [0.1, 0.15) is 48.8 Å².